The number of aromatic carboxylic acids is 1. The van der Waals surface area contributed by atoms with Gasteiger partial charge in [0.1, 0.15) is 36.1 Å². The van der Waals surface area contributed by atoms with Crippen LogP contribution in [0.1, 0.15) is 65.4 Å². The molecule has 0 bridgehead atoms. The quantitative estimate of drug-likeness (QED) is 0.0633. The summed E-state index contributed by atoms with van der Waals surface area (Å²) in [5, 5.41) is 9.70. The van der Waals surface area contributed by atoms with E-state index in [1.807, 2.05) is 31.2 Å². The second kappa shape index (κ2) is 17.2. The standard InChI is InChI=1S/C37H41Cl2N3O7/c1-23-26(9-6-10-29(23)30-11-7-12-32(24(30)2)46-14-8-13-38)22-48-34-17-33(47-21-25-15-28(35(43)44)19-40-18-25)27(16-31(34)39)20-41-42-36(45)49-37(3,4)5/h6-7,9-12,15-19,41H,8,13-14,20-22H2,1-5H3,(H,42,45)(H,43,44). The third kappa shape index (κ3) is 10.7. The molecule has 12 heteroatoms. The highest BCUT2D eigenvalue weighted by Gasteiger charge is 2.18. The van der Waals surface area contributed by atoms with E-state index in [9.17, 15) is 14.7 Å². The predicted molar refractivity (Wildman–Crippen MR) is 190 cm³/mol. The zero-order valence-corrected chi connectivity index (χ0v) is 29.7. The molecule has 4 rings (SSSR count). The van der Waals surface area contributed by atoms with Crippen LogP contribution in [-0.4, -0.2) is 40.2 Å². The lowest BCUT2D eigenvalue weighted by Crippen LogP contribution is -2.40. The van der Waals surface area contributed by atoms with Gasteiger partial charge in [0.15, 0.2) is 0 Å². The maximum Gasteiger partial charge on any atom is 0.422 e. The van der Waals surface area contributed by atoms with Crippen molar-refractivity contribution in [2.24, 2.45) is 0 Å². The second-order valence-electron chi connectivity index (χ2n) is 12.2. The van der Waals surface area contributed by atoms with Crippen molar-refractivity contribution in [3.8, 4) is 28.4 Å². The van der Waals surface area contributed by atoms with Gasteiger partial charge < -0.3 is 24.1 Å². The Morgan fingerprint density at radius 2 is 1.57 bits per heavy atom. The molecular formula is C37H41Cl2N3O7. The van der Waals surface area contributed by atoms with Gasteiger partial charge in [-0.3, -0.25) is 10.4 Å². The minimum absolute atomic E-state index is 0.0246. The van der Waals surface area contributed by atoms with Crippen molar-refractivity contribution < 1.29 is 33.6 Å². The molecule has 1 amide bonds. The molecule has 4 aromatic rings. The van der Waals surface area contributed by atoms with Crippen molar-refractivity contribution in [2.45, 2.75) is 66.4 Å². The van der Waals surface area contributed by atoms with Gasteiger partial charge >= 0.3 is 12.1 Å². The first-order valence-electron chi connectivity index (χ1n) is 15.7. The molecule has 3 N–H and O–H groups in total. The van der Waals surface area contributed by atoms with Gasteiger partial charge in [-0.2, -0.15) is 0 Å². The van der Waals surface area contributed by atoms with Crippen LogP contribution < -0.4 is 25.1 Å². The number of carboxylic acids is 1. The molecule has 0 saturated carbocycles. The number of carbonyl (C=O) groups is 2. The SMILES string of the molecule is Cc1c(COc2cc(OCc3cncc(C(=O)O)c3)c(CNNC(=O)OC(C)(C)C)cc2Cl)cccc1-c1cccc(OCCCCl)c1C. The fourth-order valence-corrected chi connectivity index (χ4v) is 5.26. The Balaban J connectivity index is 1.55. The Bertz CT molecular complexity index is 1780. The van der Waals surface area contributed by atoms with Crippen molar-refractivity contribution in [2.75, 3.05) is 12.5 Å². The molecular weight excluding hydrogens is 669 g/mol. The molecule has 0 fully saturated rings. The summed E-state index contributed by atoms with van der Waals surface area (Å²) in [6.07, 6.45) is 2.92. The van der Waals surface area contributed by atoms with Crippen LogP contribution in [0.2, 0.25) is 5.02 Å². The second-order valence-corrected chi connectivity index (χ2v) is 13.0. The van der Waals surface area contributed by atoms with Gasteiger partial charge in [0.2, 0.25) is 0 Å². The number of nitrogens with zero attached hydrogens (tertiary/aromatic N) is 1. The number of carbonyl (C=O) groups excluding carboxylic acids is 1. The van der Waals surface area contributed by atoms with Crippen LogP contribution in [0.5, 0.6) is 17.2 Å². The van der Waals surface area contributed by atoms with E-state index >= 15 is 0 Å². The average molecular weight is 711 g/mol. The van der Waals surface area contributed by atoms with Gasteiger partial charge in [0, 0.05) is 42.0 Å². The van der Waals surface area contributed by atoms with Gasteiger partial charge in [-0.1, -0.05) is 41.9 Å². The highest BCUT2D eigenvalue weighted by molar-refractivity contribution is 6.32. The molecule has 1 aromatic heterocycles. The van der Waals surface area contributed by atoms with E-state index in [-0.39, 0.29) is 25.3 Å². The van der Waals surface area contributed by atoms with Crippen LogP contribution in [0.25, 0.3) is 11.1 Å². The first-order valence-corrected chi connectivity index (χ1v) is 16.6. The first kappa shape index (κ1) is 37.3. The smallest absolute Gasteiger partial charge is 0.422 e. The highest BCUT2D eigenvalue weighted by Crippen LogP contribution is 2.36. The van der Waals surface area contributed by atoms with Crippen molar-refractivity contribution in [1.29, 1.82) is 0 Å². The van der Waals surface area contributed by atoms with E-state index in [0.29, 0.717) is 40.1 Å². The molecule has 10 nitrogen and oxygen atoms in total. The maximum absolute atomic E-state index is 12.2. The molecule has 3 aromatic carbocycles. The number of halogens is 2. The van der Waals surface area contributed by atoms with E-state index in [4.69, 9.17) is 42.1 Å². The molecule has 260 valence electrons. The summed E-state index contributed by atoms with van der Waals surface area (Å²) in [4.78, 5) is 27.6. The van der Waals surface area contributed by atoms with Crippen LogP contribution in [-0.2, 0) is 24.5 Å². The van der Waals surface area contributed by atoms with E-state index in [2.05, 4.69) is 34.9 Å². The summed E-state index contributed by atoms with van der Waals surface area (Å²) in [6, 6.07) is 16.9. The maximum atomic E-state index is 12.2. The summed E-state index contributed by atoms with van der Waals surface area (Å²) in [5.41, 5.74) is 11.1. The van der Waals surface area contributed by atoms with Crippen LogP contribution in [0.3, 0.4) is 0 Å². The van der Waals surface area contributed by atoms with E-state index in [1.54, 1.807) is 32.9 Å². The zero-order chi connectivity index (χ0) is 35.6. The number of benzene rings is 3. The topological polar surface area (TPSA) is 128 Å². The van der Waals surface area contributed by atoms with Crippen LogP contribution in [0.4, 0.5) is 4.79 Å². The van der Waals surface area contributed by atoms with E-state index in [1.165, 1.54) is 18.5 Å². The number of rotatable bonds is 15. The number of hydrogen-bond donors (Lipinski definition) is 3. The average Bonchev–Trinajstić information content (AvgIpc) is 3.04. The monoisotopic (exact) mass is 709 g/mol. The number of aromatic nitrogens is 1. The summed E-state index contributed by atoms with van der Waals surface area (Å²) >= 11 is 12.5. The Kier molecular flexibility index (Phi) is 13.1. The third-order valence-electron chi connectivity index (χ3n) is 7.36. The number of alkyl halides is 1. The lowest BCUT2D eigenvalue weighted by Gasteiger charge is -2.20. The molecule has 0 unspecified atom stereocenters. The molecule has 0 aliphatic rings. The number of hydrazine groups is 1. The number of hydrogen-bond acceptors (Lipinski definition) is 8. The van der Waals surface area contributed by atoms with Crippen molar-refractivity contribution in [3.63, 3.8) is 0 Å². The lowest BCUT2D eigenvalue weighted by molar-refractivity contribution is 0.0496. The molecule has 0 radical (unpaired) electrons. The number of carboxylic acid groups (broad SMARTS) is 1. The fraction of sp³-hybridized carbons (Fsp3) is 0.324. The fourth-order valence-electron chi connectivity index (χ4n) is 4.91. The summed E-state index contributed by atoms with van der Waals surface area (Å²) < 4.78 is 23.6. The van der Waals surface area contributed by atoms with Crippen molar-refractivity contribution in [3.05, 3.63) is 105 Å². The molecule has 0 atom stereocenters. The molecule has 0 aliphatic heterocycles. The van der Waals surface area contributed by atoms with Gasteiger partial charge in [-0.15, -0.1) is 11.6 Å². The Labute approximate surface area is 296 Å². The zero-order valence-electron chi connectivity index (χ0n) is 28.2. The van der Waals surface area contributed by atoms with Gasteiger partial charge in [0.05, 0.1) is 17.2 Å². The molecule has 0 saturated heterocycles. The highest BCUT2D eigenvalue weighted by atomic mass is 35.5. The minimum atomic E-state index is -1.09. The van der Waals surface area contributed by atoms with Gasteiger partial charge in [-0.25, -0.2) is 15.0 Å². The van der Waals surface area contributed by atoms with E-state index in [0.717, 1.165) is 40.0 Å². The Morgan fingerprint density at radius 3 is 2.29 bits per heavy atom. The van der Waals surface area contributed by atoms with E-state index < -0.39 is 17.7 Å². The third-order valence-corrected chi connectivity index (χ3v) is 7.92. The number of ether oxygens (including phenoxy) is 4. The summed E-state index contributed by atoms with van der Waals surface area (Å²) in [7, 11) is 0. The number of amides is 1. The largest absolute Gasteiger partial charge is 0.493 e. The minimum Gasteiger partial charge on any atom is -0.493 e. The van der Waals surface area contributed by atoms with Crippen LogP contribution >= 0.6 is 23.2 Å². The molecule has 49 heavy (non-hydrogen) atoms. The van der Waals surface area contributed by atoms with Gasteiger partial charge in [-0.05, 0) is 87.1 Å². The lowest BCUT2D eigenvalue weighted by atomic mass is 9.93. The molecule has 1 heterocycles. The number of nitrogens with one attached hydrogen (secondary N) is 2. The van der Waals surface area contributed by atoms with Crippen LogP contribution in [0, 0.1) is 13.8 Å². The first-order chi connectivity index (χ1) is 23.4. The predicted octanol–water partition coefficient (Wildman–Crippen LogP) is 8.41. The van der Waals surface area contributed by atoms with Crippen molar-refractivity contribution >= 4 is 35.3 Å². The summed E-state index contributed by atoms with van der Waals surface area (Å²) in [6.45, 7) is 10.3. The van der Waals surface area contributed by atoms with Crippen LogP contribution in [0.15, 0.2) is 67.0 Å². The Hall–Kier alpha value is -4.51. The number of pyridine rings is 1. The Morgan fingerprint density at radius 1 is 0.857 bits per heavy atom. The van der Waals surface area contributed by atoms with Crippen molar-refractivity contribution in [1.82, 2.24) is 15.8 Å². The van der Waals surface area contributed by atoms with Gasteiger partial charge in [0.25, 0.3) is 0 Å². The normalized spacial score (nSPS) is 11.2. The molecule has 0 aliphatic carbocycles. The molecule has 0 spiro atoms. The summed E-state index contributed by atoms with van der Waals surface area (Å²) in [5.74, 6) is 1.07.